The molecule has 0 bridgehead atoms. The number of hydrogen-bond acceptors (Lipinski definition) is 7. The van der Waals surface area contributed by atoms with Crippen LogP contribution in [0.1, 0.15) is 24.0 Å². The van der Waals surface area contributed by atoms with Crippen molar-refractivity contribution in [3.05, 3.63) is 78.2 Å². The number of nitrogens with zero attached hydrogens (tertiary/aromatic N) is 3. The molecule has 3 heterocycles. The van der Waals surface area contributed by atoms with Gasteiger partial charge in [-0.3, -0.25) is 4.79 Å². The normalized spacial score (nSPS) is 14.9. The zero-order valence-electron chi connectivity index (χ0n) is 20.2. The Bertz CT molecular complexity index is 1520. The number of sulfone groups is 1. The molecule has 0 spiro atoms. The molecular weight excluding hydrogens is 488 g/mol. The minimum absolute atomic E-state index is 0.0555. The highest BCUT2D eigenvalue weighted by Gasteiger charge is 2.32. The highest BCUT2D eigenvalue weighted by atomic mass is 32.2. The number of amides is 1. The highest BCUT2D eigenvalue weighted by Crippen LogP contribution is 2.26. The summed E-state index contributed by atoms with van der Waals surface area (Å²) in [6, 6.07) is 14.7. The molecular formula is C27H28N6O3S. The number of fused-ring (bicyclic) bond motifs is 1. The van der Waals surface area contributed by atoms with Crippen molar-refractivity contribution < 1.29 is 13.2 Å². The van der Waals surface area contributed by atoms with Crippen LogP contribution in [0.2, 0.25) is 0 Å². The fourth-order valence-electron chi connectivity index (χ4n) is 4.52. The average Bonchev–Trinajstić information content (AvgIpc) is 3.42. The number of carbonyl (C=O) groups excluding carboxylic acids is 1. The molecule has 4 N–H and O–H groups in total. The van der Waals surface area contributed by atoms with Crippen LogP contribution in [0.3, 0.4) is 0 Å². The molecule has 2 aromatic carbocycles. The van der Waals surface area contributed by atoms with Crippen LogP contribution in [-0.4, -0.2) is 59.1 Å². The van der Waals surface area contributed by atoms with Crippen molar-refractivity contribution in [3.8, 4) is 0 Å². The summed E-state index contributed by atoms with van der Waals surface area (Å²) in [4.78, 5) is 25.6. The summed E-state index contributed by atoms with van der Waals surface area (Å²) in [7, 11) is -3.49. The van der Waals surface area contributed by atoms with Gasteiger partial charge in [-0.1, -0.05) is 24.3 Å². The number of anilines is 2. The zero-order chi connectivity index (χ0) is 25.8. The number of aromatic amines is 1. The lowest BCUT2D eigenvalue weighted by atomic mass is 10.1. The molecule has 37 heavy (non-hydrogen) atoms. The molecule has 4 aromatic rings. The Hall–Kier alpha value is -4.02. The number of rotatable bonds is 7. The maximum Gasteiger partial charge on any atom is 0.236 e. The van der Waals surface area contributed by atoms with Crippen molar-refractivity contribution in [2.24, 2.45) is 5.73 Å². The van der Waals surface area contributed by atoms with Crippen LogP contribution in [0, 0.1) is 0 Å². The number of nitrogens with one attached hydrogen (secondary N) is 2. The average molecular weight is 517 g/mol. The fourth-order valence-corrected chi connectivity index (χ4v) is 6.26. The van der Waals surface area contributed by atoms with Crippen LogP contribution in [0.5, 0.6) is 0 Å². The first-order valence-corrected chi connectivity index (χ1v) is 13.6. The van der Waals surface area contributed by atoms with Gasteiger partial charge in [-0.2, -0.15) is 0 Å². The zero-order valence-corrected chi connectivity index (χ0v) is 21.0. The van der Waals surface area contributed by atoms with Crippen molar-refractivity contribution in [2.75, 3.05) is 25.0 Å². The molecule has 1 fully saturated rings. The Morgan fingerprint density at radius 1 is 1.05 bits per heavy atom. The van der Waals surface area contributed by atoms with E-state index in [1.165, 1.54) is 0 Å². The van der Waals surface area contributed by atoms with Gasteiger partial charge in [-0.15, -0.1) is 0 Å². The van der Waals surface area contributed by atoms with Gasteiger partial charge < -0.3 is 20.9 Å². The number of nitrogens with two attached hydrogens (primary N) is 1. The standard InChI is InChI=1S/C27H28N6O3S/c28-16-26(34)33-14-11-23(12-15-33)37(35,36)22-8-6-21(7-9-22)32-27-30-17-19(18-31-27)4-5-20-2-1-3-25-24(20)10-13-29-25/h1-10,13,17-18,23,29H,11-12,14-16,28H2,(H,30,31,32)/b5-4+. The molecule has 0 atom stereocenters. The van der Waals surface area contributed by atoms with Crippen LogP contribution >= 0.6 is 0 Å². The molecule has 0 unspecified atom stereocenters. The van der Waals surface area contributed by atoms with Gasteiger partial charge in [0.05, 0.1) is 16.7 Å². The van der Waals surface area contributed by atoms with Gasteiger partial charge in [0, 0.05) is 53.8 Å². The first kappa shape index (κ1) is 24.7. The van der Waals surface area contributed by atoms with Gasteiger partial charge in [0.15, 0.2) is 9.84 Å². The molecule has 9 nitrogen and oxygen atoms in total. The number of H-pyrrole nitrogens is 1. The van der Waals surface area contributed by atoms with E-state index in [2.05, 4.69) is 26.3 Å². The van der Waals surface area contributed by atoms with E-state index in [4.69, 9.17) is 5.73 Å². The Morgan fingerprint density at radius 2 is 1.78 bits per heavy atom. The third kappa shape index (κ3) is 5.40. The second-order valence-electron chi connectivity index (χ2n) is 8.94. The van der Waals surface area contributed by atoms with E-state index in [9.17, 15) is 13.2 Å². The monoisotopic (exact) mass is 516 g/mol. The van der Waals surface area contributed by atoms with E-state index in [-0.39, 0.29) is 17.3 Å². The van der Waals surface area contributed by atoms with E-state index in [0.29, 0.717) is 37.6 Å². The number of benzene rings is 2. The SMILES string of the molecule is NCC(=O)N1CCC(S(=O)(=O)c2ccc(Nc3ncc(/C=C/c4cccc5[nH]ccc45)cn3)cc2)CC1. The summed E-state index contributed by atoms with van der Waals surface area (Å²) in [5.41, 5.74) is 9.14. The molecule has 0 radical (unpaired) electrons. The number of aromatic nitrogens is 3. The topological polar surface area (TPSA) is 134 Å². The van der Waals surface area contributed by atoms with Gasteiger partial charge in [-0.05, 0) is 54.8 Å². The van der Waals surface area contributed by atoms with Crippen LogP contribution in [0.4, 0.5) is 11.6 Å². The van der Waals surface area contributed by atoms with Gasteiger partial charge in [0.25, 0.3) is 0 Å². The molecule has 1 aliphatic rings. The predicted molar refractivity (Wildman–Crippen MR) is 145 cm³/mol. The number of hydrogen-bond donors (Lipinski definition) is 3. The van der Waals surface area contributed by atoms with Crippen molar-refractivity contribution in [1.29, 1.82) is 0 Å². The van der Waals surface area contributed by atoms with Crippen LogP contribution < -0.4 is 11.1 Å². The van der Waals surface area contributed by atoms with Crippen LogP contribution in [0.15, 0.2) is 72.0 Å². The molecule has 0 saturated carbocycles. The van der Waals surface area contributed by atoms with Crippen molar-refractivity contribution in [3.63, 3.8) is 0 Å². The molecule has 1 aliphatic heterocycles. The van der Waals surface area contributed by atoms with Gasteiger partial charge in [-0.25, -0.2) is 18.4 Å². The summed E-state index contributed by atoms with van der Waals surface area (Å²) in [6.45, 7) is 0.758. The first-order chi connectivity index (χ1) is 17.9. The van der Waals surface area contributed by atoms with Gasteiger partial charge in [0.1, 0.15) is 0 Å². The highest BCUT2D eigenvalue weighted by molar-refractivity contribution is 7.92. The maximum atomic E-state index is 13.1. The minimum atomic E-state index is -3.49. The van der Waals surface area contributed by atoms with E-state index in [1.54, 1.807) is 41.6 Å². The van der Waals surface area contributed by atoms with E-state index >= 15 is 0 Å². The summed E-state index contributed by atoms with van der Waals surface area (Å²) < 4.78 is 26.2. The summed E-state index contributed by atoms with van der Waals surface area (Å²) in [6.07, 6.45) is 10.2. The van der Waals surface area contributed by atoms with Crippen molar-refractivity contribution in [1.82, 2.24) is 19.9 Å². The Morgan fingerprint density at radius 3 is 2.49 bits per heavy atom. The number of carbonyl (C=O) groups is 1. The molecule has 190 valence electrons. The van der Waals surface area contributed by atoms with E-state index < -0.39 is 15.1 Å². The van der Waals surface area contributed by atoms with Crippen molar-refractivity contribution >= 4 is 50.4 Å². The largest absolute Gasteiger partial charge is 0.361 e. The third-order valence-corrected chi connectivity index (χ3v) is 8.88. The number of piperidine rings is 1. The quantitative estimate of drug-likeness (QED) is 0.342. The predicted octanol–water partition coefficient (Wildman–Crippen LogP) is 3.60. The Balaban J connectivity index is 1.21. The molecule has 1 amide bonds. The van der Waals surface area contributed by atoms with E-state index in [1.807, 2.05) is 36.5 Å². The van der Waals surface area contributed by atoms with Gasteiger partial charge in [0.2, 0.25) is 11.9 Å². The second-order valence-corrected chi connectivity index (χ2v) is 11.2. The minimum Gasteiger partial charge on any atom is -0.361 e. The number of likely N-dealkylation sites (tertiary alicyclic amines) is 1. The summed E-state index contributed by atoms with van der Waals surface area (Å²) in [5, 5.41) is 3.74. The molecule has 0 aliphatic carbocycles. The fraction of sp³-hybridized carbons (Fsp3) is 0.222. The van der Waals surface area contributed by atoms with Crippen molar-refractivity contribution in [2.45, 2.75) is 23.0 Å². The van der Waals surface area contributed by atoms with Crippen LogP contribution in [0.25, 0.3) is 23.1 Å². The summed E-state index contributed by atoms with van der Waals surface area (Å²) in [5.74, 6) is 0.268. The first-order valence-electron chi connectivity index (χ1n) is 12.1. The third-order valence-electron chi connectivity index (χ3n) is 6.60. The lowest BCUT2D eigenvalue weighted by Gasteiger charge is -2.31. The smallest absolute Gasteiger partial charge is 0.236 e. The molecule has 2 aromatic heterocycles. The lowest BCUT2D eigenvalue weighted by molar-refractivity contribution is -0.130. The molecule has 5 rings (SSSR count). The lowest BCUT2D eigenvalue weighted by Crippen LogP contribution is -2.44. The summed E-state index contributed by atoms with van der Waals surface area (Å²) >= 11 is 0. The molecule has 10 heteroatoms. The molecule has 1 saturated heterocycles. The van der Waals surface area contributed by atoms with Crippen LogP contribution in [-0.2, 0) is 14.6 Å². The Labute approximate surface area is 215 Å². The van der Waals surface area contributed by atoms with E-state index in [0.717, 1.165) is 22.0 Å². The Kier molecular flexibility index (Phi) is 7.02. The van der Waals surface area contributed by atoms with Gasteiger partial charge >= 0.3 is 0 Å². The maximum absolute atomic E-state index is 13.1. The second kappa shape index (κ2) is 10.5.